The molecule has 29 heavy (non-hydrogen) atoms. The number of rotatable bonds is 9. The van der Waals surface area contributed by atoms with Crippen LogP contribution in [0.3, 0.4) is 0 Å². The molecule has 0 aliphatic rings. The first-order valence-electron chi connectivity index (χ1n) is 10.0. The van der Waals surface area contributed by atoms with Crippen LogP contribution >= 0.6 is 0 Å². The van der Waals surface area contributed by atoms with Gasteiger partial charge in [-0.2, -0.15) is 10.1 Å². The molecule has 1 N–H and O–H groups in total. The van der Waals surface area contributed by atoms with E-state index in [-0.39, 0.29) is 0 Å². The highest BCUT2D eigenvalue weighted by Gasteiger charge is 2.09. The summed E-state index contributed by atoms with van der Waals surface area (Å²) in [6, 6.07) is 10.5. The van der Waals surface area contributed by atoms with E-state index in [9.17, 15) is 0 Å². The molecular formula is C22H29N7. The monoisotopic (exact) mass is 391 g/mol. The van der Waals surface area contributed by atoms with Crippen molar-refractivity contribution in [1.82, 2.24) is 20.2 Å². The van der Waals surface area contributed by atoms with Gasteiger partial charge in [-0.25, -0.2) is 0 Å². The molecule has 0 aliphatic carbocycles. The van der Waals surface area contributed by atoms with Crippen molar-refractivity contribution >= 4 is 23.1 Å². The lowest BCUT2D eigenvalue weighted by Crippen LogP contribution is -2.23. The summed E-state index contributed by atoms with van der Waals surface area (Å²) < 4.78 is 0. The molecule has 152 valence electrons. The van der Waals surface area contributed by atoms with Crippen molar-refractivity contribution < 1.29 is 0 Å². The van der Waals surface area contributed by atoms with Gasteiger partial charge in [-0.1, -0.05) is 0 Å². The van der Waals surface area contributed by atoms with Crippen LogP contribution in [0, 0.1) is 6.92 Å². The fourth-order valence-electron chi connectivity index (χ4n) is 3.17. The number of hydrogen-bond donors (Lipinski definition) is 1. The summed E-state index contributed by atoms with van der Waals surface area (Å²) >= 11 is 0. The summed E-state index contributed by atoms with van der Waals surface area (Å²) in [6.07, 6.45) is 6.17. The van der Waals surface area contributed by atoms with Gasteiger partial charge in [0.15, 0.2) is 5.82 Å². The van der Waals surface area contributed by atoms with Gasteiger partial charge in [0, 0.05) is 50.5 Å². The van der Waals surface area contributed by atoms with Crippen LogP contribution in [-0.2, 0) is 6.42 Å². The molecule has 0 radical (unpaired) electrons. The van der Waals surface area contributed by atoms with Crippen LogP contribution in [0.25, 0.3) is 0 Å². The third-order valence-electron chi connectivity index (χ3n) is 4.98. The predicted molar refractivity (Wildman–Crippen MR) is 119 cm³/mol. The Balaban J connectivity index is 1.68. The van der Waals surface area contributed by atoms with E-state index in [1.54, 1.807) is 6.20 Å². The Morgan fingerprint density at radius 1 is 1.03 bits per heavy atom. The van der Waals surface area contributed by atoms with Gasteiger partial charge in [-0.3, -0.25) is 4.98 Å². The summed E-state index contributed by atoms with van der Waals surface area (Å²) in [6.45, 7) is 9.23. The predicted octanol–water partition coefficient (Wildman–Crippen LogP) is 3.84. The van der Waals surface area contributed by atoms with Crippen molar-refractivity contribution in [3.8, 4) is 0 Å². The highest BCUT2D eigenvalue weighted by Crippen LogP contribution is 2.25. The van der Waals surface area contributed by atoms with Crippen molar-refractivity contribution in [3.05, 3.63) is 60.0 Å². The number of aryl methyl sites for hydroxylation is 1. The molecule has 0 bridgehead atoms. The Hall–Kier alpha value is -3.22. The average molecular weight is 392 g/mol. The first kappa shape index (κ1) is 20.5. The molecular weight excluding hydrogens is 362 g/mol. The van der Waals surface area contributed by atoms with Crippen LogP contribution < -0.4 is 15.1 Å². The molecule has 0 saturated heterocycles. The second kappa shape index (κ2) is 9.82. The highest BCUT2D eigenvalue weighted by atomic mass is 15.3. The molecule has 0 atom stereocenters. The summed E-state index contributed by atoms with van der Waals surface area (Å²) in [5, 5.41) is 11.7. The first-order valence-corrected chi connectivity index (χ1v) is 10.0. The average Bonchev–Trinajstić information content (AvgIpc) is 2.75. The van der Waals surface area contributed by atoms with E-state index in [0.717, 1.165) is 31.7 Å². The molecule has 0 spiro atoms. The van der Waals surface area contributed by atoms with Gasteiger partial charge in [0.1, 0.15) is 0 Å². The second-order valence-electron chi connectivity index (χ2n) is 6.97. The number of likely N-dealkylation sites (N-methyl/N-ethyl adjacent to an activating group) is 1. The maximum Gasteiger partial charge on any atom is 0.247 e. The van der Waals surface area contributed by atoms with Crippen LogP contribution in [0.15, 0.2) is 48.9 Å². The molecule has 2 aromatic heterocycles. The molecule has 1 aromatic carbocycles. The molecule has 0 aliphatic heterocycles. The van der Waals surface area contributed by atoms with Crippen molar-refractivity contribution in [2.75, 3.05) is 41.8 Å². The zero-order valence-corrected chi connectivity index (χ0v) is 17.6. The molecule has 7 heteroatoms. The standard InChI is InChI=1S/C22H29N7/c1-5-29(6-2)19-7-8-20(17(3)15-19)25-21-16-24-27-22(26-21)28(4)14-11-18-9-12-23-13-10-18/h7-10,12-13,15-16H,5-6,11,14H2,1-4H3,(H,25,26,27). The van der Waals surface area contributed by atoms with Gasteiger partial charge >= 0.3 is 0 Å². The maximum absolute atomic E-state index is 4.63. The lowest BCUT2D eigenvalue weighted by Gasteiger charge is -2.22. The molecule has 0 saturated carbocycles. The number of pyridine rings is 1. The zero-order chi connectivity index (χ0) is 20.6. The van der Waals surface area contributed by atoms with Crippen LogP contribution in [0.4, 0.5) is 23.1 Å². The first-order chi connectivity index (χ1) is 14.1. The van der Waals surface area contributed by atoms with E-state index in [0.29, 0.717) is 11.8 Å². The van der Waals surface area contributed by atoms with Gasteiger partial charge < -0.3 is 15.1 Å². The smallest absolute Gasteiger partial charge is 0.247 e. The van der Waals surface area contributed by atoms with Crippen molar-refractivity contribution in [3.63, 3.8) is 0 Å². The van der Waals surface area contributed by atoms with E-state index in [1.165, 1.54) is 16.8 Å². The maximum atomic E-state index is 4.63. The quantitative estimate of drug-likeness (QED) is 0.594. The van der Waals surface area contributed by atoms with E-state index >= 15 is 0 Å². The lowest BCUT2D eigenvalue weighted by atomic mass is 10.1. The van der Waals surface area contributed by atoms with E-state index in [2.05, 4.69) is 69.4 Å². The Kier molecular flexibility index (Phi) is 6.94. The minimum absolute atomic E-state index is 0.599. The summed E-state index contributed by atoms with van der Waals surface area (Å²) in [7, 11) is 1.98. The Morgan fingerprint density at radius 3 is 2.48 bits per heavy atom. The fraction of sp³-hybridized carbons (Fsp3) is 0.364. The molecule has 0 unspecified atom stereocenters. The fourth-order valence-corrected chi connectivity index (χ4v) is 3.17. The third kappa shape index (κ3) is 5.40. The number of aromatic nitrogens is 4. The van der Waals surface area contributed by atoms with Crippen molar-refractivity contribution in [1.29, 1.82) is 0 Å². The highest BCUT2D eigenvalue weighted by molar-refractivity contribution is 5.65. The molecule has 3 aromatic rings. The Bertz CT molecular complexity index is 910. The lowest BCUT2D eigenvalue weighted by molar-refractivity contribution is 0.812. The van der Waals surface area contributed by atoms with Crippen LogP contribution in [0.2, 0.25) is 0 Å². The molecule has 0 fully saturated rings. The van der Waals surface area contributed by atoms with Gasteiger partial charge in [0.05, 0.1) is 6.20 Å². The number of anilines is 4. The molecule has 3 rings (SSSR count). The van der Waals surface area contributed by atoms with Crippen LogP contribution in [-0.4, -0.2) is 46.8 Å². The molecule has 2 heterocycles. The number of nitrogens with one attached hydrogen (secondary N) is 1. The summed E-state index contributed by atoms with van der Waals surface area (Å²) in [5.74, 6) is 1.28. The molecule has 7 nitrogen and oxygen atoms in total. The molecule has 0 amide bonds. The van der Waals surface area contributed by atoms with Crippen LogP contribution in [0.5, 0.6) is 0 Å². The summed E-state index contributed by atoms with van der Waals surface area (Å²) in [5.41, 5.74) is 4.65. The van der Waals surface area contributed by atoms with Crippen molar-refractivity contribution in [2.45, 2.75) is 27.2 Å². The van der Waals surface area contributed by atoms with E-state index in [1.807, 2.05) is 36.5 Å². The van der Waals surface area contributed by atoms with Gasteiger partial charge in [-0.05, 0) is 68.7 Å². The topological polar surface area (TPSA) is 70.1 Å². The largest absolute Gasteiger partial charge is 0.372 e. The summed E-state index contributed by atoms with van der Waals surface area (Å²) in [4.78, 5) is 13.0. The van der Waals surface area contributed by atoms with E-state index < -0.39 is 0 Å². The Morgan fingerprint density at radius 2 is 1.79 bits per heavy atom. The number of nitrogens with zero attached hydrogens (tertiary/aromatic N) is 6. The van der Waals surface area contributed by atoms with Crippen molar-refractivity contribution in [2.24, 2.45) is 0 Å². The minimum atomic E-state index is 0.599. The SMILES string of the molecule is CCN(CC)c1ccc(Nc2cnnc(N(C)CCc3ccncc3)n2)c(C)c1. The number of hydrogen-bond acceptors (Lipinski definition) is 7. The second-order valence-corrected chi connectivity index (χ2v) is 6.97. The minimum Gasteiger partial charge on any atom is -0.372 e. The Labute approximate surface area is 172 Å². The van der Waals surface area contributed by atoms with Gasteiger partial charge in [-0.15, -0.1) is 5.10 Å². The van der Waals surface area contributed by atoms with Crippen LogP contribution in [0.1, 0.15) is 25.0 Å². The number of benzene rings is 1. The normalized spacial score (nSPS) is 10.6. The van der Waals surface area contributed by atoms with Gasteiger partial charge in [0.25, 0.3) is 0 Å². The van der Waals surface area contributed by atoms with Gasteiger partial charge in [0.2, 0.25) is 5.95 Å². The zero-order valence-electron chi connectivity index (χ0n) is 17.6. The van der Waals surface area contributed by atoms with E-state index in [4.69, 9.17) is 0 Å². The third-order valence-corrected chi connectivity index (χ3v) is 4.98.